The molecular formula is C50H35N3. The van der Waals surface area contributed by atoms with Crippen LogP contribution in [-0.2, 0) is 5.41 Å². The standard InChI is InChI=1S/C50H35N3/c1-50(2)45-30-36(33-15-7-4-8-16-33)24-27-42(45)43-28-25-38(31-46(43)50)48-51-47(37-19-11-18-35(29-37)32-13-5-3-6-14-32)52-49(53-48)44-22-12-21-40-39-20-10-9-17-34(39)23-26-41(40)44/h3-31H,1-2H3. The molecule has 0 fully saturated rings. The monoisotopic (exact) mass is 677 g/mol. The lowest BCUT2D eigenvalue weighted by molar-refractivity contribution is 0.661. The van der Waals surface area contributed by atoms with Gasteiger partial charge in [0.05, 0.1) is 0 Å². The summed E-state index contributed by atoms with van der Waals surface area (Å²) in [5.74, 6) is 1.97. The molecule has 0 bridgehead atoms. The molecule has 8 aromatic carbocycles. The maximum absolute atomic E-state index is 5.26. The average molecular weight is 678 g/mol. The van der Waals surface area contributed by atoms with Crippen LogP contribution in [0, 0.1) is 0 Å². The summed E-state index contributed by atoms with van der Waals surface area (Å²) < 4.78 is 0. The SMILES string of the molecule is CC1(C)c2cc(-c3ccccc3)ccc2-c2ccc(-c3nc(-c4cccc(-c5ccccc5)c4)nc(-c4cccc5c4ccc4ccccc45)n3)cc21. The van der Waals surface area contributed by atoms with Gasteiger partial charge in [0.15, 0.2) is 17.5 Å². The Morgan fingerprint density at radius 2 is 0.830 bits per heavy atom. The normalized spacial score (nSPS) is 12.9. The van der Waals surface area contributed by atoms with Crippen molar-refractivity contribution in [3.05, 3.63) is 187 Å². The molecule has 9 aromatic rings. The van der Waals surface area contributed by atoms with E-state index in [4.69, 9.17) is 15.0 Å². The van der Waals surface area contributed by atoms with Gasteiger partial charge in [0.2, 0.25) is 0 Å². The molecule has 0 saturated heterocycles. The number of hydrogen-bond acceptors (Lipinski definition) is 3. The summed E-state index contributed by atoms with van der Waals surface area (Å²) in [4.78, 5) is 15.7. The fourth-order valence-electron chi connectivity index (χ4n) is 8.15. The minimum absolute atomic E-state index is 0.204. The zero-order chi connectivity index (χ0) is 35.5. The third-order valence-corrected chi connectivity index (χ3v) is 10.9. The Labute approximate surface area is 309 Å². The Balaban J connectivity index is 1.15. The maximum Gasteiger partial charge on any atom is 0.164 e. The Hall–Kier alpha value is -6.71. The second-order valence-electron chi connectivity index (χ2n) is 14.5. The minimum Gasteiger partial charge on any atom is -0.208 e. The predicted octanol–water partition coefficient (Wildman–Crippen LogP) is 12.8. The number of aromatic nitrogens is 3. The summed E-state index contributed by atoms with van der Waals surface area (Å²) in [5, 5.41) is 4.73. The van der Waals surface area contributed by atoms with E-state index in [9.17, 15) is 0 Å². The quantitative estimate of drug-likeness (QED) is 0.170. The zero-order valence-electron chi connectivity index (χ0n) is 29.6. The van der Waals surface area contributed by atoms with E-state index in [1.165, 1.54) is 49.5 Å². The van der Waals surface area contributed by atoms with Crippen LogP contribution >= 0.6 is 0 Å². The smallest absolute Gasteiger partial charge is 0.164 e. The molecule has 1 aliphatic carbocycles. The van der Waals surface area contributed by atoms with Crippen LogP contribution in [0.3, 0.4) is 0 Å². The van der Waals surface area contributed by atoms with Crippen molar-refractivity contribution in [3.8, 4) is 67.5 Å². The molecule has 10 rings (SSSR count). The van der Waals surface area contributed by atoms with Crippen molar-refractivity contribution in [2.24, 2.45) is 0 Å². The third-order valence-electron chi connectivity index (χ3n) is 10.9. The van der Waals surface area contributed by atoms with Gasteiger partial charge in [-0.05, 0) is 84.3 Å². The van der Waals surface area contributed by atoms with Gasteiger partial charge in [0.1, 0.15) is 0 Å². The van der Waals surface area contributed by atoms with Crippen molar-refractivity contribution in [2.75, 3.05) is 0 Å². The fraction of sp³-hybridized carbons (Fsp3) is 0.0600. The molecule has 0 radical (unpaired) electrons. The van der Waals surface area contributed by atoms with Crippen LogP contribution < -0.4 is 0 Å². The van der Waals surface area contributed by atoms with Gasteiger partial charge >= 0.3 is 0 Å². The number of fused-ring (bicyclic) bond motifs is 6. The van der Waals surface area contributed by atoms with Gasteiger partial charge in [-0.15, -0.1) is 0 Å². The summed E-state index contributed by atoms with van der Waals surface area (Å²) in [6, 6.07) is 62.6. The lowest BCUT2D eigenvalue weighted by atomic mass is 9.81. The highest BCUT2D eigenvalue weighted by Gasteiger charge is 2.36. The van der Waals surface area contributed by atoms with Crippen LogP contribution in [-0.4, -0.2) is 15.0 Å². The maximum atomic E-state index is 5.26. The van der Waals surface area contributed by atoms with Gasteiger partial charge in [-0.3, -0.25) is 0 Å². The van der Waals surface area contributed by atoms with Crippen LogP contribution in [0.2, 0.25) is 0 Å². The molecule has 0 spiro atoms. The van der Waals surface area contributed by atoms with E-state index >= 15 is 0 Å². The second-order valence-corrected chi connectivity index (χ2v) is 14.5. The van der Waals surface area contributed by atoms with Crippen molar-refractivity contribution in [1.29, 1.82) is 0 Å². The van der Waals surface area contributed by atoms with Crippen LogP contribution in [0.5, 0.6) is 0 Å². The Morgan fingerprint density at radius 3 is 1.55 bits per heavy atom. The Morgan fingerprint density at radius 1 is 0.321 bits per heavy atom. The van der Waals surface area contributed by atoms with Gasteiger partial charge in [0.25, 0.3) is 0 Å². The van der Waals surface area contributed by atoms with Crippen LogP contribution in [0.25, 0.3) is 89.1 Å². The van der Waals surface area contributed by atoms with Crippen LogP contribution in [0.1, 0.15) is 25.0 Å². The largest absolute Gasteiger partial charge is 0.208 e. The van der Waals surface area contributed by atoms with Crippen molar-refractivity contribution in [3.63, 3.8) is 0 Å². The lowest BCUT2D eigenvalue weighted by Gasteiger charge is -2.22. The van der Waals surface area contributed by atoms with E-state index in [1.54, 1.807) is 0 Å². The summed E-state index contributed by atoms with van der Waals surface area (Å²) >= 11 is 0. The first-order chi connectivity index (χ1) is 26.0. The number of nitrogens with zero attached hydrogens (tertiary/aromatic N) is 3. The molecule has 0 atom stereocenters. The van der Waals surface area contributed by atoms with E-state index in [0.29, 0.717) is 17.5 Å². The van der Waals surface area contributed by atoms with Crippen molar-refractivity contribution < 1.29 is 0 Å². The summed E-state index contributed by atoms with van der Waals surface area (Å²) in [6.07, 6.45) is 0. The molecule has 0 N–H and O–H groups in total. The van der Waals surface area contributed by atoms with E-state index in [1.807, 2.05) is 6.07 Å². The first kappa shape index (κ1) is 31.1. The van der Waals surface area contributed by atoms with Gasteiger partial charge in [0, 0.05) is 22.1 Å². The number of benzene rings is 8. The van der Waals surface area contributed by atoms with Gasteiger partial charge in [-0.2, -0.15) is 0 Å². The Kier molecular flexibility index (Phi) is 7.16. The molecular weight excluding hydrogens is 643 g/mol. The van der Waals surface area contributed by atoms with Crippen LogP contribution in [0.15, 0.2) is 176 Å². The molecule has 1 aromatic heterocycles. The highest BCUT2D eigenvalue weighted by Crippen LogP contribution is 2.50. The van der Waals surface area contributed by atoms with Gasteiger partial charge in [-0.1, -0.05) is 172 Å². The first-order valence-corrected chi connectivity index (χ1v) is 18.2. The topological polar surface area (TPSA) is 38.7 Å². The summed E-state index contributed by atoms with van der Waals surface area (Å²) in [7, 11) is 0. The summed E-state index contributed by atoms with van der Waals surface area (Å²) in [5.41, 5.74) is 12.6. The van der Waals surface area contributed by atoms with Crippen LogP contribution in [0.4, 0.5) is 0 Å². The van der Waals surface area contributed by atoms with E-state index in [-0.39, 0.29) is 5.41 Å². The average Bonchev–Trinajstić information content (AvgIpc) is 3.45. The van der Waals surface area contributed by atoms with Crippen molar-refractivity contribution >= 4 is 21.5 Å². The molecule has 0 aliphatic heterocycles. The Bertz CT molecular complexity index is 2860. The van der Waals surface area contributed by atoms with Gasteiger partial charge in [-0.25, -0.2) is 15.0 Å². The predicted molar refractivity (Wildman–Crippen MR) is 220 cm³/mol. The van der Waals surface area contributed by atoms with E-state index in [2.05, 4.69) is 184 Å². The summed E-state index contributed by atoms with van der Waals surface area (Å²) in [6.45, 7) is 4.66. The molecule has 1 aliphatic rings. The highest BCUT2D eigenvalue weighted by molar-refractivity contribution is 6.11. The lowest BCUT2D eigenvalue weighted by Crippen LogP contribution is -2.15. The van der Waals surface area contributed by atoms with E-state index < -0.39 is 0 Å². The van der Waals surface area contributed by atoms with Gasteiger partial charge < -0.3 is 0 Å². The first-order valence-electron chi connectivity index (χ1n) is 18.2. The second kappa shape index (κ2) is 12.2. The zero-order valence-corrected chi connectivity index (χ0v) is 29.6. The highest BCUT2D eigenvalue weighted by atomic mass is 15.0. The molecule has 0 amide bonds. The molecule has 53 heavy (non-hydrogen) atoms. The van der Waals surface area contributed by atoms with Crippen molar-refractivity contribution in [2.45, 2.75) is 19.3 Å². The molecule has 3 nitrogen and oxygen atoms in total. The molecule has 0 saturated carbocycles. The van der Waals surface area contributed by atoms with E-state index in [0.717, 1.165) is 33.2 Å². The minimum atomic E-state index is -0.204. The molecule has 1 heterocycles. The molecule has 250 valence electrons. The molecule has 3 heteroatoms. The third kappa shape index (κ3) is 5.24. The number of rotatable bonds is 5. The van der Waals surface area contributed by atoms with Crippen molar-refractivity contribution in [1.82, 2.24) is 15.0 Å². The fourth-order valence-corrected chi connectivity index (χ4v) is 8.15. The molecule has 0 unspecified atom stereocenters. The number of hydrogen-bond donors (Lipinski definition) is 0.